The van der Waals surface area contributed by atoms with Gasteiger partial charge in [-0.1, -0.05) is 39.8 Å². The SMILES string of the molecule is C=C(C[C@@H](NC(C)=O)C(=O)N[C@H](C(=O)OCC)C(C)C)C[C@@H](NC(C)=O)C(=O)N[C@H](C(=O)OCC)C(C)C. The zero-order valence-corrected chi connectivity index (χ0v) is 23.8. The average molecular weight is 541 g/mol. The van der Waals surface area contributed by atoms with E-state index in [2.05, 4.69) is 27.8 Å². The van der Waals surface area contributed by atoms with E-state index in [1.54, 1.807) is 41.5 Å². The molecule has 0 aliphatic carbocycles. The highest BCUT2D eigenvalue weighted by Gasteiger charge is 2.32. The summed E-state index contributed by atoms with van der Waals surface area (Å²) in [5.41, 5.74) is 0.363. The number of ether oxygens (including phenoxy) is 2. The first-order chi connectivity index (χ1) is 17.6. The molecule has 0 bridgehead atoms. The Morgan fingerprint density at radius 1 is 0.632 bits per heavy atom. The van der Waals surface area contributed by atoms with E-state index in [0.717, 1.165) is 0 Å². The lowest BCUT2D eigenvalue weighted by molar-refractivity contribution is -0.149. The molecule has 0 rings (SSSR count). The average Bonchev–Trinajstić information content (AvgIpc) is 2.78. The summed E-state index contributed by atoms with van der Waals surface area (Å²) < 4.78 is 10.1. The Kier molecular flexibility index (Phi) is 15.6. The number of carbonyl (C=O) groups is 6. The van der Waals surface area contributed by atoms with Crippen molar-refractivity contribution in [1.29, 1.82) is 0 Å². The van der Waals surface area contributed by atoms with Crippen LogP contribution in [0.1, 0.15) is 68.2 Å². The largest absolute Gasteiger partial charge is 0.464 e. The molecule has 4 amide bonds. The van der Waals surface area contributed by atoms with Crippen LogP contribution in [0.4, 0.5) is 0 Å². The van der Waals surface area contributed by atoms with Gasteiger partial charge >= 0.3 is 11.9 Å². The van der Waals surface area contributed by atoms with Gasteiger partial charge in [-0.25, -0.2) is 9.59 Å². The molecule has 12 nitrogen and oxygen atoms in total. The molecule has 0 aromatic rings. The van der Waals surface area contributed by atoms with Crippen molar-refractivity contribution < 1.29 is 38.2 Å². The monoisotopic (exact) mass is 540 g/mol. The fourth-order valence-electron chi connectivity index (χ4n) is 3.54. The van der Waals surface area contributed by atoms with Crippen LogP contribution in [0.15, 0.2) is 12.2 Å². The lowest BCUT2D eigenvalue weighted by Crippen LogP contribution is -2.54. The first-order valence-corrected chi connectivity index (χ1v) is 12.8. The molecule has 0 aromatic heterocycles. The predicted molar refractivity (Wildman–Crippen MR) is 140 cm³/mol. The fourth-order valence-corrected chi connectivity index (χ4v) is 3.54. The number of rotatable bonds is 16. The molecular weight excluding hydrogens is 496 g/mol. The fraction of sp³-hybridized carbons (Fsp3) is 0.692. The maximum absolute atomic E-state index is 13.0. The van der Waals surface area contributed by atoms with E-state index in [9.17, 15) is 28.8 Å². The molecule has 0 radical (unpaired) electrons. The van der Waals surface area contributed by atoms with Gasteiger partial charge in [-0.3, -0.25) is 19.2 Å². The zero-order chi connectivity index (χ0) is 29.6. The van der Waals surface area contributed by atoms with E-state index < -0.39 is 59.7 Å². The second kappa shape index (κ2) is 17.1. The van der Waals surface area contributed by atoms with Crippen LogP contribution < -0.4 is 21.3 Å². The minimum absolute atomic E-state index is 0.0755. The van der Waals surface area contributed by atoms with Crippen LogP contribution in [0.25, 0.3) is 0 Å². The van der Waals surface area contributed by atoms with Crippen molar-refractivity contribution in [2.75, 3.05) is 13.2 Å². The van der Waals surface area contributed by atoms with Crippen LogP contribution in [0.2, 0.25) is 0 Å². The van der Waals surface area contributed by atoms with Gasteiger partial charge in [0.25, 0.3) is 0 Å². The van der Waals surface area contributed by atoms with Crippen molar-refractivity contribution in [2.24, 2.45) is 11.8 Å². The molecule has 216 valence electrons. The molecule has 0 saturated heterocycles. The van der Waals surface area contributed by atoms with Gasteiger partial charge in [0.1, 0.15) is 24.2 Å². The lowest BCUT2D eigenvalue weighted by Gasteiger charge is -2.26. The number of hydrogen-bond acceptors (Lipinski definition) is 8. The standard InChI is InChI=1S/C26H44N4O8/c1-10-37-25(35)21(14(3)4)29-23(33)19(27-17(8)31)12-16(7)13-20(28-18(9)32)24(34)30-22(15(5)6)26(36)38-11-2/h14-15,19-22H,7,10-13H2,1-6,8-9H3,(H,27,31)(H,28,32)(H,29,33)(H,30,34)/t19-,20-,21+,22+/m1/s1. The second-order valence-electron chi connectivity index (χ2n) is 9.63. The number of amides is 4. The van der Waals surface area contributed by atoms with E-state index in [1.165, 1.54) is 13.8 Å². The molecule has 38 heavy (non-hydrogen) atoms. The number of carbonyl (C=O) groups excluding carboxylic acids is 6. The maximum atomic E-state index is 13.0. The van der Waals surface area contributed by atoms with Crippen LogP contribution in [0, 0.1) is 11.8 Å². The first kappa shape index (κ1) is 34.6. The van der Waals surface area contributed by atoms with Gasteiger partial charge < -0.3 is 30.7 Å². The molecule has 0 spiro atoms. The van der Waals surface area contributed by atoms with E-state index in [0.29, 0.717) is 5.57 Å². The topological polar surface area (TPSA) is 169 Å². The third kappa shape index (κ3) is 12.7. The normalized spacial score (nSPS) is 13.9. The van der Waals surface area contributed by atoms with Crippen LogP contribution in [0.5, 0.6) is 0 Å². The molecule has 0 fully saturated rings. The third-order valence-electron chi connectivity index (χ3n) is 5.38. The molecule has 0 unspecified atom stereocenters. The highest BCUT2D eigenvalue weighted by atomic mass is 16.5. The molecule has 0 heterocycles. The summed E-state index contributed by atoms with van der Waals surface area (Å²) in [6, 6.07) is -4.05. The smallest absolute Gasteiger partial charge is 0.328 e. The minimum atomic E-state index is -1.10. The minimum Gasteiger partial charge on any atom is -0.464 e. The number of nitrogens with one attached hydrogen (secondary N) is 4. The Hall–Kier alpha value is -3.44. The third-order valence-corrected chi connectivity index (χ3v) is 5.38. The van der Waals surface area contributed by atoms with E-state index in [4.69, 9.17) is 9.47 Å². The quantitative estimate of drug-likeness (QED) is 0.164. The second-order valence-corrected chi connectivity index (χ2v) is 9.63. The Bertz CT molecular complexity index is 803. The van der Waals surface area contributed by atoms with Crippen molar-refractivity contribution in [2.45, 2.75) is 92.4 Å². The van der Waals surface area contributed by atoms with Gasteiger partial charge in [0, 0.05) is 13.8 Å². The van der Waals surface area contributed by atoms with Crippen LogP contribution in [-0.2, 0) is 38.2 Å². The molecule has 4 atom stereocenters. The van der Waals surface area contributed by atoms with Crippen LogP contribution in [-0.4, -0.2) is 72.9 Å². The molecule has 12 heteroatoms. The zero-order valence-electron chi connectivity index (χ0n) is 23.8. The van der Waals surface area contributed by atoms with Gasteiger partial charge in [-0.15, -0.1) is 0 Å². The highest BCUT2D eigenvalue weighted by Crippen LogP contribution is 2.14. The Labute approximate surface area is 225 Å². The van der Waals surface area contributed by atoms with Gasteiger partial charge in [0.05, 0.1) is 13.2 Å². The van der Waals surface area contributed by atoms with Gasteiger partial charge in [0.2, 0.25) is 23.6 Å². The summed E-state index contributed by atoms with van der Waals surface area (Å²) in [5.74, 6) is -3.98. The predicted octanol–water partition coefficient (Wildman–Crippen LogP) is 0.740. The summed E-state index contributed by atoms with van der Waals surface area (Å²) >= 11 is 0. The maximum Gasteiger partial charge on any atom is 0.328 e. The lowest BCUT2D eigenvalue weighted by atomic mass is 9.97. The van der Waals surface area contributed by atoms with Crippen molar-refractivity contribution in [3.63, 3.8) is 0 Å². The van der Waals surface area contributed by atoms with E-state index >= 15 is 0 Å². The molecule has 0 aliphatic heterocycles. The molecular formula is C26H44N4O8. The molecule has 0 saturated carbocycles. The van der Waals surface area contributed by atoms with Gasteiger partial charge in [-0.2, -0.15) is 0 Å². The van der Waals surface area contributed by atoms with Crippen molar-refractivity contribution in [1.82, 2.24) is 21.3 Å². The van der Waals surface area contributed by atoms with Crippen molar-refractivity contribution in [3.05, 3.63) is 12.2 Å². The first-order valence-electron chi connectivity index (χ1n) is 12.8. The van der Waals surface area contributed by atoms with Crippen LogP contribution in [0.3, 0.4) is 0 Å². The van der Waals surface area contributed by atoms with Crippen molar-refractivity contribution >= 4 is 35.6 Å². The summed E-state index contributed by atoms with van der Waals surface area (Å²) in [7, 11) is 0. The van der Waals surface area contributed by atoms with Gasteiger partial charge in [-0.05, 0) is 38.5 Å². The molecule has 0 aromatic carbocycles. The van der Waals surface area contributed by atoms with E-state index in [-0.39, 0.29) is 37.9 Å². The summed E-state index contributed by atoms with van der Waals surface area (Å²) in [5, 5.41) is 10.3. The Balaban J connectivity index is 5.67. The number of esters is 2. The Morgan fingerprint density at radius 2 is 0.947 bits per heavy atom. The summed E-state index contributed by atoms with van der Waals surface area (Å²) in [6.07, 6.45) is -0.151. The number of hydrogen-bond donors (Lipinski definition) is 4. The van der Waals surface area contributed by atoms with Crippen LogP contribution >= 0.6 is 0 Å². The van der Waals surface area contributed by atoms with Crippen molar-refractivity contribution in [3.8, 4) is 0 Å². The van der Waals surface area contributed by atoms with E-state index in [1.807, 2.05) is 0 Å². The summed E-state index contributed by atoms with van der Waals surface area (Å²) in [4.78, 5) is 74.2. The molecule has 0 aliphatic rings. The Morgan fingerprint density at radius 3 is 1.18 bits per heavy atom. The van der Waals surface area contributed by atoms with Gasteiger partial charge in [0.15, 0.2) is 0 Å². The summed E-state index contributed by atoms with van der Waals surface area (Å²) in [6.45, 7) is 17.0. The molecule has 4 N–H and O–H groups in total. The highest BCUT2D eigenvalue weighted by molar-refractivity contribution is 5.92.